The fourth-order valence-electron chi connectivity index (χ4n) is 2.35. The fourth-order valence-corrected chi connectivity index (χ4v) is 2.35. The van der Waals surface area contributed by atoms with Gasteiger partial charge in [-0.05, 0) is 36.6 Å². The Morgan fingerprint density at radius 2 is 1.96 bits per heavy atom. The molecule has 0 amide bonds. The molecule has 0 saturated carbocycles. The molecule has 7 nitrogen and oxygen atoms in total. The number of hydrogen-bond acceptors (Lipinski definition) is 4. The van der Waals surface area contributed by atoms with Gasteiger partial charge in [-0.15, -0.1) is 0 Å². The molecule has 7 heteroatoms. The van der Waals surface area contributed by atoms with Gasteiger partial charge in [-0.1, -0.05) is 31.2 Å². The van der Waals surface area contributed by atoms with E-state index in [-0.39, 0.29) is 11.7 Å². The van der Waals surface area contributed by atoms with E-state index in [0.717, 1.165) is 23.3 Å². The smallest absolute Gasteiger partial charge is 0.269 e. The molecule has 0 aliphatic heterocycles. The Hall–Kier alpha value is -3.09. The number of nitro groups is 1. The lowest BCUT2D eigenvalue weighted by Crippen LogP contribution is -2.41. The molecule has 0 aliphatic carbocycles. The van der Waals surface area contributed by atoms with Crippen LogP contribution >= 0.6 is 0 Å². The van der Waals surface area contributed by atoms with E-state index >= 15 is 0 Å². The summed E-state index contributed by atoms with van der Waals surface area (Å²) in [4.78, 5) is 15.0. The minimum absolute atomic E-state index is 0.0865. The molecule has 144 valence electrons. The van der Waals surface area contributed by atoms with Crippen LogP contribution in [0.2, 0.25) is 0 Å². The summed E-state index contributed by atoms with van der Waals surface area (Å²) >= 11 is 0. The van der Waals surface area contributed by atoms with Crippen molar-refractivity contribution >= 4 is 11.6 Å². The average Bonchev–Trinajstić information content (AvgIpc) is 2.70. The van der Waals surface area contributed by atoms with Gasteiger partial charge in [0.15, 0.2) is 5.96 Å². The highest BCUT2D eigenvalue weighted by Gasteiger charge is 2.07. The van der Waals surface area contributed by atoms with Crippen LogP contribution in [0.1, 0.15) is 31.4 Å². The molecule has 0 aliphatic rings. The molecule has 2 aromatic rings. The molecule has 0 saturated heterocycles. The first kappa shape index (κ1) is 20.2. The molecule has 27 heavy (non-hydrogen) atoms. The molecule has 0 radical (unpaired) electrons. The molecular formula is C20H26N4O3. The second-order valence-corrected chi connectivity index (χ2v) is 6.25. The summed E-state index contributed by atoms with van der Waals surface area (Å²) in [7, 11) is 1.64. The standard InChI is InChI=1S/C20H26N4O3/c1-4-15(2)23-20(22-14-17-6-5-7-19(12-17)27-3)21-13-16-8-10-18(11-9-16)24(25)26/h5-12,15H,4,13-14H2,1-3H3,(H2,21,22,23). The lowest BCUT2D eigenvalue weighted by Gasteiger charge is -2.17. The number of nitrogens with zero attached hydrogens (tertiary/aromatic N) is 2. The second-order valence-electron chi connectivity index (χ2n) is 6.25. The number of ether oxygens (including phenoxy) is 1. The highest BCUT2D eigenvalue weighted by atomic mass is 16.6. The van der Waals surface area contributed by atoms with Gasteiger partial charge in [-0.3, -0.25) is 10.1 Å². The summed E-state index contributed by atoms with van der Waals surface area (Å²) in [6, 6.07) is 14.6. The predicted octanol–water partition coefficient (Wildman–Crippen LogP) is 3.64. The first-order valence-electron chi connectivity index (χ1n) is 8.93. The van der Waals surface area contributed by atoms with Crippen LogP contribution in [0.15, 0.2) is 53.5 Å². The summed E-state index contributed by atoms with van der Waals surface area (Å²) in [5, 5.41) is 17.4. The molecule has 0 heterocycles. The average molecular weight is 370 g/mol. The minimum Gasteiger partial charge on any atom is -0.497 e. The van der Waals surface area contributed by atoms with Crippen molar-refractivity contribution in [3.05, 3.63) is 69.8 Å². The van der Waals surface area contributed by atoms with E-state index in [1.165, 1.54) is 12.1 Å². The summed E-state index contributed by atoms with van der Waals surface area (Å²) in [6.45, 7) is 5.24. The Morgan fingerprint density at radius 1 is 1.22 bits per heavy atom. The molecule has 0 fully saturated rings. The monoisotopic (exact) mass is 370 g/mol. The van der Waals surface area contributed by atoms with Gasteiger partial charge >= 0.3 is 0 Å². The number of methoxy groups -OCH3 is 1. The molecule has 1 unspecified atom stereocenters. The van der Waals surface area contributed by atoms with Crippen LogP contribution < -0.4 is 15.4 Å². The van der Waals surface area contributed by atoms with Gasteiger partial charge in [0, 0.05) is 24.7 Å². The highest BCUT2D eigenvalue weighted by Crippen LogP contribution is 2.13. The summed E-state index contributed by atoms with van der Waals surface area (Å²) in [5.41, 5.74) is 2.08. The van der Waals surface area contributed by atoms with Crippen LogP contribution in [0.3, 0.4) is 0 Å². The largest absolute Gasteiger partial charge is 0.497 e. The van der Waals surface area contributed by atoms with Gasteiger partial charge in [0.05, 0.1) is 18.6 Å². The van der Waals surface area contributed by atoms with Crippen molar-refractivity contribution in [2.24, 2.45) is 4.99 Å². The molecule has 2 rings (SSSR count). The Balaban J connectivity index is 2.05. The molecule has 0 aromatic heterocycles. The van der Waals surface area contributed by atoms with Gasteiger partial charge < -0.3 is 15.4 Å². The second kappa shape index (κ2) is 10.2. The number of rotatable bonds is 8. The molecule has 2 N–H and O–H groups in total. The Bertz CT molecular complexity index is 775. The Morgan fingerprint density at radius 3 is 2.59 bits per heavy atom. The van der Waals surface area contributed by atoms with Crippen molar-refractivity contribution in [2.75, 3.05) is 7.11 Å². The third kappa shape index (κ3) is 6.62. The first-order chi connectivity index (χ1) is 13.0. The van der Waals surface area contributed by atoms with Crippen molar-refractivity contribution in [1.82, 2.24) is 10.6 Å². The number of aliphatic imine (C=N–C) groups is 1. The number of non-ortho nitro benzene ring substituents is 1. The van der Waals surface area contributed by atoms with Crippen LogP contribution in [-0.2, 0) is 13.1 Å². The number of nitro benzene ring substituents is 1. The maximum absolute atomic E-state index is 10.8. The van der Waals surface area contributed by atoms with Gasteiger partial charge in [0.1, 0.15) is 5.75 Å². The van der Waals surface area contributed by atoms with Gasteiger partial charge in [-0.25, -0.2) is 4.99 Å². The lowest BCUT2D eigenvalue weighted by molar-refractivity contribution is -0.384. The van der Waals surface area contributed by atoms with E-state index in [0.29, 0.717) is 19.0 Å². The lowest BCUT2D eigenvalue weighted by atomic mass is 10.2. The number of hydrogen-bond donors (Lipinski definition) is 2. The Kier molecular flexibility index (Phi) is 7.61. The molecule has 1 atom stereocenters. The molecule has 2 aromatic carbocycles. The number of guanidine groups is 1. The van der Waals surface area contributed by atoms with Crippen molar-refractivity contribution in [1.29, 1.82) is 0 Å². The zero-order valence-corrected chi connectivity index (χ0v) is 15.9. The zero-order chi connectivity index (χ0) is 19.6. The van der Waals surface area contributed by atoms with Crippen LogP contribution in [0.25, 0.3) is 0 Å². The minimum atomic E-state index is -0.400. The quantitative estimate of drug-likeness (QED) is 0.320. The van der Waals surface area contributed by atoms with Gasteiger partial charge in [0.25, 0.3) is 5.69 Å². The van der Waals surface area contributed by atoms with Crippen LogP contribution in [0.4, 0.5) is 5.69 Å². The molecular weight excluding hydrogens is 344 g/mol. The predicted molar refractivity (Wildman–Crippen MR) is 107 cm³/mol. The van der Waals surface area contributed by atoms with E-state index in [9.17, 15) is 10.1 Å². The van der Waals surface area contributed by atoms with Crippen LogP contribution in [-0.4, -0.2) is 24.0 Å². The summed E-state index contributed by atoms with van der Waals surface area (Å²) in [6.07, 6.45) is 0.970. The SMILES string of the molecule is CCC(C)NC(=NCc1cccc(OC)c1)NCc1ccc([N+](=O)[O-])cc1. The first-order valence-corrected chi connectivity index (χ1v) is 8.93. The third-order valence-corrected chi connectivity index (χ3v) is 4.16. The third-order valence-electron chi connectivity index (χ3n) is 4.16. The maximum atomic E-state index is 10.8. The molecule has 0 spiro atoms. The maximum Gasteiger partial charge on any atom is 0.269 e. The topological polar surface area (TPSA) is 88.8 Å². The number of benzene rings is 2. The van der Waals surface area contributed by atoms with Gasteiger partial charge in [-0.2, -0.15) is 0 Å². The zero-order valence-electron chi connectivity index (χ0n) is 15.9. The van der Waals surface area contributed by atoms with Crippen LogP contribution in [0, 0.1) is 10.1 Å². The Labute approximate surface area is 159 Å². The van der Waals surface area contributed by atoms with E-state index in [4.69, 9.17) is 4.74 Å². The summed E-state index contributed by atoms with van der Waals surface area (Å²) < 4.78 is 5.25. The van der Waals surface area contributed by atoms with E-state index in [2.05, 4.69) is 29.5 Å². The van der Waals surface area contributed by atoms with Crippen molar-refractivity contribution in [3.63, 3.8) is 0 Å². The van der Waals surface area contributed by atoms with E-state index in [1.807, 2.05) is 24.3 Å². The fraction of sp³-hybridized carbons (Fsp3) is 0.350. The van der Waals surface area contributed by atoms with E-state index < -0.39 is 4.92 Å². The van der Waals surface area contributed by atoms with Crippen molar-refractivity contribution < 1.29 is 9.66 Å². The number of nitrogens with one attached hydrogen (secondary N) is 2. The van der Waals surface area contributed by atoms with Crippen molar-refractivity contribution in [2.45, 2.75) is 39.4 Å². The molecule has 0 bridgehead atoms. The van der Waals surface area contributed by atoms with Crippen molar-refractivity contribution in [3.8, 4) is 5.75 Å². The van der Waals surface area contributed by atoms with Gasteiger partial charge in [0.2, 0.25) is 0 Å². The normalized spacial score (nSPS) is 12.3. The van der Waals surface area contributed by atoms with Crippen LogP contribution in [0.5, 0.6) is 5.75 Å². The van der Waals surface area contributed by atoms with E-state index in [1.54, 1.807) is 19.2 Å². The summed E-state index contributed by atoms with van der Waals surface area (Å²) in [5.74, 6) is 1.50. The highest BCUT2D eigenvalue weighted by molar-refractivity contribution is 5.80.